The Bertz CT molecular complexity index is 629. The van der Waals surface area contributed by atoms with Crippen LogP contribution in [0.1, 0.15) is 42.5 Å². The smallest absolute Gasteiger partial charge is 0.303 e. The molecule has 1 aliphatic carbocycles. The molecule has 2 heterocycles. The number of carbonyl (C=O) groups is 1. The Morgan fingerprint density at radius 3 is 2.95 bits per heavy atom. The predicted molar refractivity (Wildman–Crippen MR) is 68.6 cm³/mol. The van der Waals surface area contributed by atoms with E-state index in [1.807, 2.05) is 16.7 Å². The van der Waals surface area contributed by atoms with Gasteiger partial charge >= 0.3 is 5.97 Å². The van der Waals surface area contributed by atoms with Crippen molar-refractivity contribution in [3.8, 4) is 0 Å². The van der Waals surface area contributed by atoms with Crippen LogP contribution in [0.2, 0.25) is 0 Å². The van der Waals surface area contributed by atoms with Gasteiger partial charge < -0.3 is 14.2 Å². The lowest BCUT2D eigenvalue weighted by molar-refractivity contribution is -0.142. The zero-order chi connectivity index (χ0) is 13.4. The molecule has 1 fully saturated rings. The summed E-state index contributed by atoms with van der Waals surface area (Å²) in [4.78, 5) is 15.2. The molecule has 1 N–H and O–H groups in total. The molecule has 3 rings (SSSR count). The van der Waals surface area contributed by atoms with Crippen molar-refractivity contribution in [1.82, 2.24) is 9.38 Å². The Morgan fingerprint density at radius 1 is 1.53 bits per heavy atom. The number of aliphatic hydroxyl groups is 1. The number of pyridine rings is 1. The standard InChI is InChI=1S/C14H16N2O3/c1-9(18)19-8-13-6-16-5-11(10-2-3-10)4-12(7-17)14(16)15-13/h4-6,10,17H,2-3,7-8H2,1H3. The fourth-order valence-corrected chi connectivity index (χ4v) is 2.25. The number of nitrogens with zero attached hydrogens (tertiary/aromatic N) is 2. The average molecular weight is 260 g/mol. The zero-order valence-electron chi connectivity index (χ0n) is 10.8. The number of rotatable bonds is 4. The second-order valence-corrected chi connectivity index (χ2v) is 4.97. The number of imidazole rings is 1. The number of aromatic nitrogens is 2. The minimum absolute atomic E-state index is 0.0337. The molecule has 0 spiro atoms. The number of hydrogen-bond acceptors (Lipinski definition) is 4. The fourth-order valence-electron chi connectivity index (χ4n) is 2.25. The first kappa shape index (κ1) is 12.2. The second kappa shape index (κ2) is 4.66. The van der Waals surface area contributed by atoms with Gasteiger partial charge in [-0.2, -0.15) is 0 Å². The highest BCUT2D eigenvalue weighted by Gasteiger charge is 2.25. The minimum atomic E-state index is -0.321. The van der Waals surface area contributed by atoms with Gasteiger partial charge in [0.15, 0.2) is 0 Å². The molecule has 5 nitrogen and oxygen atoms in total. The first-order valence-electron chi connectivity index (χ1n) is 6.42. The summed E-state index contributed by atoms with van der Waals surface area (Å²) in [6, 6.07) is 2.02. The lowest BCUT2D eigenvalue weighted by Crippen LogP contribution is -1.98. The van der Waals surface area contributed by atoms with Gasteiger partial charge in [-0.15, -0.1) is 0 Å². The SMILES string of the molecule is CC(=O)OCc1cn2cc(C3CC3)cc(CO)c2n1. The summed E-state index contributed by atoms with van der Waals surface area (Å²) in [7, 11) is 0. The lowest BCUT2D eigenvalue weighted by atomic mass is 10.1. The predicted octanol–water partition coefficient (Wildman–Crippen LogP) is 1.77. The van der Waals surface area contributed by atoms with E-state index < -0.39 is 0 Å². The normalized spacial score (nSPS) is 14.8. The third-order valence-corrected chi connectivity index (χ3v) is 3.34. The van der Waals surface area contributed by atoms with Gasteiger partial charge in [-0.25, -0.2) is 4.98 Å². The maximum Gasteiger partial charge on any atom is 0.303 e. The van der Waals surface area contributed by atoms with E-state index >= 15 is 0 Å². The first-order valence-corrected chi connectivity index (χ1v) is 6.42. The highest BCUT2D eigenvalue weighted by atomic mass is 16.5. The zero-order valence-corrected chi connectivity index (χ0v) is 10.8. The van der Waals surface area contributed by atoms with E-state index in [0.29, 0.717) is 11.6 Å². The largest absolute Gasteiger partial charge is 0.459 e. The van der Waals surface area contributed by atoms with Crippen LogP contribution in [0.4, 0.5) is 0 Å². The molecule has 0 amide bonds. The Labute approximate surface area is 110 Å². The van der Waals surface area contributed by atoms with E-state index in [2.05, 4.69) is 11.2 Å². The molecule has 0 aliphatic heterocycles. The van der Waals surface area contributed by atoms with Crippen LogP contribution in [0.15, 0.2) is 18.5 Å². The molecule has 0 saturated heterocycles. The van der Waals surface area contributed by atoms with Crippen molar-refractivity contribution in [2.75, 3.05) is 0 Å². The summed E-state index contributed by atoms with van der Waals surface area (Å²) in [5, 5.41) is 9.45. The van der Waals surface area contributed by atoms with Crippen molar-refractivity contribution in [2.24, 2.45) is 0 Å². The highest BCUT2D eigenvalue weighted by molar-refractivity contribution is 5.65. The quantitative estimate of drug-likeness (QED) is 0.851. The second-order valence-electron chi connectivity index (χ2n) is 4.97. The monoisotopic (exact) mass is 260 g/mol. The molecule has 0 aromatic carbocycles. The molecule has 0 unspecified atom stereocenters. The van der Waals surface area contributed by atoms with Crippen LogP contribution in [0.3, 0.4) is 0 Å². The number of carbonyl (C=O) groups excluding carboxylic acids is 1. The highest BCUT2D eigenvalue weighted by Crippen LogP contribution is 2.40. The molecule has 2 aromatic heterocycles. The van der Waals surface area contributed by atoms with E-state index in [1.54, 1.807) is 0 Å². The minimum Gasteiger partial charge on any atom is -0.459 e. The fraction of sp³-hybridized carbons (Fsp3) is 0.429. The van der Waals surface area contributed by atoms with Crippen LogP contribution >= 0.6 is 0 Å². The Hall–Kier alpha value is -1.88. The van der Waals surface area contributed by atoms with Crippen molar-refractivity contribution in [2.45, 2.75) is 38.9 Å². The number of esters is 1. The van der Waals surface area contributed by atoms with Crippen molar-refractivity contribution in [3.63, 3.8) is 0 Å². The molecule has 2 aromatic rings. The molecule has 0 atom stereocenters. The summed E-state index contributed by atoms with van der Waals surface area (Å²) in [5.41, 5.74) is 3.48. The molecule has 5 heteroatoms. The van der Waals surface area contributed by atoms with Crippen LogP contribution in [0.25, 0.3) is 5.65 Å². The van der Waals surface area contributed by atoms with Crippen molar-refractivity contribution < 1.29 is 14.6 Å². The third kappa shape index (κ3) is 2.46. The number of ether oxygens (including phenoxy) is 1. The van der Waals surface area contributed by atoms with E-state index in [-0.39, 0.29) is 19.2 Å². The van der Waals surface area contributed by atoms with Crippen LogP contribution in [-0.4, -0.2) is 20.5 Å². The summed E-state index contributed by atoms with van der Waals surface area (Å²) in [5.74, 6) is 0.298. The van der Waals surface area contributed by atoms with Crippen LogP contribution in [-0.2, 0) is 22.7 Å². The summed E-state index contributed by atoms with van der Waals surface area (Å²) in [6.07, 6.45) is 6.33. The molecular formula is C14H16N2O3. The molecular weight excluding hydrogens is 244 g/mol. The van der Waals surface area contributed by atoms with Crippen molar-refractivity contribution >= 4 is 11.6 Å². The lowest BCUT2D eigenvalue weighted by Gasteiger charge is -2.04. The Morgan fingerprint density at radius 2 is 2.32 bits per heavy atom. The molecule has 100 valence electrons. The number of fused-ring (bicyclic) bond motifs is 1. The van der Waals surface area contributed by atoms with Gasteiger partial charge in [0.05, 0.1) is 12.3 Å². The van der Waals surface area contributed by atoms with E-state index in [9.17, 15) is 9.90 Å². The first-order chi connectivity index (χ1) is 9.17. The van der Waals surface area contributed by atoms with Gasteiger partial charge in [-0.05, 0) is 30.4 Å². The van der Waals surface area contributed by atoms with Gasteiger partial charge in [0, 0.05) is 24.9 Å². The van der Waals surface area contributed by atoms with Crippen molar-refractivity contribution in [1.29, 1.82) is 0 Å². The molecule has 1 aliphatic rings. The van der Waals surface area contributed by atoms with E-state index in [1.165, 1.54) is 25.3 Å². The molecule has 19 heavy (non-hydrogen) atoms. The summed E-state index contributed by atoms with van der Waals surface area (Å²) >= 11 is 0. The third-order valence-electron chi connectivity index (χ3n) is 3.34. The van der Waals surface area contributed by atoms with Gasteiger partial charge in [0.1, 0.15) is 12.3 Å². The van der Waals surface area contributed by atoms with Crippen LogP contribution < -0.4 is 0 Å². The van der Waals surface area contributed by atoms with Gasteiger partial charge in [-0.3, -0.25) is 4.79 Å². The average Bonchev–Trinajstić information content (AvgIpc) is 3.15. The van der Waals surface area contributed by atoms with Crippen molar-refractivity contribution in [3.05, 3.63) is 35.3 Å². The van der Waals surface area contributed by atoms with E-state index in [0.717, 1.165) is 11.2 Å². The summed E-state index contributed by atoms with van der Waals surface area (Å²) in [6.45, 7) is 1.51. The van der Waals surface area contributed by atoms with Crippen LogP contribution in [0, 0.1) is 0 Å². The Balaban J connectivity index is 1.97. The topological polar surface area (TPSA) is 63.8 Å². The maximum absolute atomic E-state index is 10.8. The Kier molecular flexibility index (Phi) is 2.98. The number of aliphatic hydroxyl groups excluding tert-OH is 1. The molecule has 0 bridgehead atoms. The van der Waals surface area contributed by atoms with Gasteiger partial charge in [-0.1, -0.05) is 0 Å². The number of hydrogen-bond donors (Lipinski definition) is 1. The van der Waals surface area contributed by atoms with E-state index in [4.69, 9.17) is 4.74 Å². The molecule has 0 radical (unpaired) electrons. The molecule has 1 saturated carbocycles. The van der Waals surface area contributed by atoms with Crippen LogP contribution in [0.5, 0.6) is 0 Å². The van der Waals surface area contributed by atoms with Gasteiger partial charge in [0.25, 0.3) is 0 Å². The maximum atomic E-state index is 10.8. The van der Waals surface area contributed by atoms with Gasteiger partial charge in [0.2, 0.25) is 0 Å². The summed E-state index contributed by atoms with van der Waals surface area (Å²) < 4.78 is 6.86.